The number of carbonyl (C=O) groups excluding carboxylic acids is 1. The van der Waals surface area contributed by atoms with E-state index in [1.54, 1.807) is 6.07 Å². The van der Waals surface area contributed by atoms with E-state index >= 15 is 0 Å². The molecule has 0 saturated carbocycles. The van der Waals surface area contributed by atoms with Gasteiger partial charge in [0, 0.05) is 5.39 Å². The molecule has 1 amide bonds. The Balaban J connectivity index is 1.45. The van der Waals surface area contributed by atoms with Gasteiger partial charge in [-0.05, 0) is 54.9 Å². The lowest BCUT2D eigenvalue weighted by Gasteiger charge is -2.28. The molecule has 1 aromatic heterocycles. The minimum Gasteiger partial charge on any atom is -0.480 e. The van der Waals surface area contributed by atoms with E-state index in [4.69, 9.17) is 4.52 Å². The van der Waals surface area contributed by atoms with Gasteiger partial charge in [0.1, 0.15) is 11.7 Å². The van der Waals surface area contributed by atoms with Gasteiger partial charge in [-0.15, -0.1) is 0 Å². The van der Waals surface area contributed by atoms with Crippen LogP contribution in [-0.4, -0.2) is 28.2 Å². The molecule has 6 heteroatoms. The molecular weight excluding hydrogens is 356 g/mol. The summed E-state index contributed by atoms with van der Waals surface area (Å²) in [7, 11) is 0. The quantitative estimate of drug-likeness (QED) is 0.685. The number of aliphatic carboxylic acids is 1. The molecule has 1 aliphatic carbocycles. The molecular formula is C22H22N2O4. The number of hydrogen-bond acceptors (Lipinski definition) is 4. The smallest absolute Gasteiger partial charge is 0.326 e. The average Bonchev–Trinajstić information content (AvgIpc) is 3.10. The predicted molar refractivity (Wildman–Crippen MR) is 104 cm³/mol. The normalized spacial score (nSPS) is 17.1. The first-order valence-corrected chi connectivity index (χ1v) is 9.55. The first kappa shape index (κ1) is 18.2. The Morgan fingerprint density at radius 1 is 1.18 bits per heavy atom. The highest BCUT2D eigenvalue weighted by atomic mass is 16.5. The van der Waals surface area contributed by atoms with E-state index in [-0.39, 0.29) is 18.2 Å². The zero-order valence-electron chi connectivity index (χ0n) is 15.4. The van der Waals surface area contributed by atoms with Crippen LogP contribution in [0.2, 0.25) is 0 Å². The van der Waals surface area contributed by atoms with Crippen molar-refractivity contribution in [3.63, 3.8) is 0 Å². The summed E-state index contributed by atoms with van der Waals surface area (Å²) >= 11 is 0. The second-order valence-corrected chi connectivity index (χ2v) is 7.28. The van der Waals surface area contributed by atoms with Crippen molar-refractivity contribution in [2.75, 3.05) is 0 Å². The Morgan fingerprint density at radius 2 is 1.96 bits per heavy atom. The first-order chi connectivity index (χ1) is 13.6. The van der Waals surface area contributed by atoms with Gasteiger partial charge in [-0.3, -0.25) is 4.79 Å². The summed E-state index contributed by atoms with van der Waals surface area (Å²) in [5.41, 5.74) is 3.61. The number of benzene rings is 2. The zero-order valence-corrected chi connectivity index (χ0v) is 15.4. The van der Waals surface area contributed by atoms with Crippen molar-refractivity contribution < 1.29 is 19.2 Å². The largest absolute Gasteiger partial charge is 0.480 e. The number of fused-ring (bicyclic) bond motifs is 2. The number of para-hydroxylation sites is 1. The van der Waals surface area contributed by atoms with Crippen LogP contribution in [0.15, 0.2) is 53.1 Å². The molecule has 6 nitrogen and oxygen atoms in total. The Bertz CT molecular complexity index is 1010. The molecule has 0 spiro atoms. The summed E-state index contributed by atoms with van der Waals surface area (Å²) in [6.45, 7) is 0. The number of rotatable bonds is 6. The van der Waals surface area contributed by atoms with E-state index in [9.17, 15) is 14.7 Å². The maximum absolute atomic E-state index is 12.5. The molecule has 2 unspecified atom stereocenters. The Hall–Kier alpha value is -3.15. The fourth-order valence-electron chi connectivity index (χ4n) is 4.07. The average molecular weight is 378 g/mol. The highest BCUT2D eigenvalue weighted by Gasteiger charge is 2.28. The van der Waals surface area contributed by atoms with Gasteiger partial charge >= 0.3 is 5.97 Å². The lowest BCUT2D eigenvalue weighted by Crippen LogP contribution is -2.42. The van der Waals surface area contributed by atoms with E-state index in [0.29, 0.717) is 17.7 Å². The van der Waals surface area contributed by atoms with Crippen molar-refractivity contribution in [2.45, 2.75) is 44.1 Å². The SMILES string of the molecule is O=C(Cc1noc2ccccc12)NC(CC1CCCc2ccccc21)C(=O)O. The fourth-order valence-corrected chi connectivity index (χ4v) is 4.07. The van der Waals surface area contributed by atoms with Crippen molar-refractivity contribution >= 4 is 22.8 Å². The highest BCUT2D eigenvalue weighted by molar-refractivity contribution is 5.88. The van der Waals surface area contributed by atoms with E-state index in [2.05, 4.69) is 22.6 Å². The third kappa shape index (κ3) is 3.76. The number of hydrogen-bond donors (Lipinski definition) is 2. The van der Waals surface area contributed by atoms with Gasteiger partial charge in [-0.1, -0.05) is 41.6 Å². The topological polar surface area (TPSA) is 92.4 Å². The highest BCUT2D eigenvalue weighted by Crippen LogP contribution is 2.34. The number of amides is 1. The van der Waals surface area contributed by atoms with E-state index in [0.717, 1.165) is 24.6 Å². The lowest BCUT2D eigenvalue weighted by atomic mass is 9.79. The summed E-state index contributed by atoms with van der Waals surface area (Å²) in [6, 6.07) is 14.5. The monoisotopic (exact) mass is 378 g/mol. The molecule has 0 aliphatic heterocycles. The number of carbonyl (C=O) groups is 2. The number of aryl methyl sites for hydroxylation is 1. The summed E-state index contributed by atoms with van der Waals surface area (Å²) in [5.74, 6) is -1.24. The minimum absolute atomic E-state index is 0.0119. The van der Waals surface area contributed by atoms with Crippen LogP contribution in [0.4, 0.5) is 0 Å². The van der Waals surface area contributed by atoms with Gasteiger partial charge in [0.25, 0.3) is 0 Å². The van der Waals surface area contributed by atoms with E-state index in [1.807, 2.05) is 30.3 Å². The molecule has 3 aromatic rings. The molecule has 0 fully saturated rings. The molecule has 2 aromatic carbocycles. The van der Waals surface area contributed by atoms with Gasteiger partial charge < -0.3 is 14.9 Å². The van der Waals surface area contributed by atoms with Crippen molar-refractivity contribution in [2.24, 2.45) is 0 Å². The van der Waals surface area contributed by atoms with Gasteiger partial charge in [0.15, 0.2) is 5.58 Å². The standard InChI is InChI=1S/C22H22N2O4/c25-21(13-18-17-10-3-4-11-20(17)28-24-18)23-19(22(26)27)12-15-8-5-7-14-6-1-2-9-16(14)15/h1-4,6,9-11,15,19H,5,7-8,12-13H2,(H,23,25)(H,26,27). The molecule has 28 heavy (non-hydrogen) atoms. The Labute approximate surface area is 162 Å². The van der Waals surface area contributed by atoms with Crippen LogP contribution >= 0.6 is 0 Å². The van der Waals surface area contributed by atoms with Gasteiger partial charge in [0.05, 0.1) is 6.42 Å². The summed E-state index contributed by atoms with van der Waals surface area (Å²) in [6.07, 6.45) is 3.37. The van der Waals surface area contributed by atoms with Gasteiger partial charge in [-0.25, -0.2) is 4.79 Å². The fraction of sp³-hybridized carbons (Fsp3) is 0.318. The molecule has 0 saturated heterocycles. The van der Waals surface area contributed by atoms with E-state index < -0.39 is 12.0 Å². The number of nitrogens with one attached hydrogen (secondary N) is 1. The molecule has 1 aliphatic rings. The second kappa shape index (κ2) is 7.84. The van der Waals surface area contributed by atoms with E-state index in [1.165, 1.54) is 11.1 Å². The number of nitrogens with zero attached hydrogens (tertiary/aromatic N) is 1. The Kier molecular flexibility index (Phi) is 5.10. The van der Waals surface area contributed by atoms with Crippen molar-refractivity contribution in [1.82, 2.24) is 10.5 Å². The molecule has 2 N–H and O–H groups in total. The molecule has 1 heterocycles. The van der Waals surface area contributed by atoms with Crippen LogP contribution in [0.25, 0.3) is 11.0 Å². The van der Waals surface area contributed by atoms with Gasteiger partial charge in [0.2, 0.25) is 5.91 Å². The molecule has 0 radical (unpaired) electrons. The molecule has 4 rings (SSSR count). The lowest BCUT2D eigenvalue weighted by molar-refractivity contribution is -0.142. The minimum atomic E-state index is -1.01. The number of carboxylic acids is 1. The van der Waals surface area contributed by atoms with Crippen LogP contribution in [-0.2, 0) is 22.4 Å². The van der Waals surface area contributed by atoms with Crippen molar-refractivity contribution in [3.8, 4) is 0 Å². The summed E-state index contributed by atoms with van der Waals surface area (Å²) < 4.78 is 5.22. The molecule has 0 bridgehead atoms. The van der Waals surface area contributed by atoms with Crippen LogP contribution in [0.3, 0.4) is 0 Å². The third-order valence-corrected chi connectivity index (χ3v) is 5.43. The molecule has 2 atom stereocenters. The molecule has 144 valence electrons. The summed E-state index contributed by atoms with van der Waals surface area (Å²) in [4.78, 5) is 24.3. The van der Waals surface area contributed by atoms with Gasteiger partial charge in [-0.2, -0.15) is 0 Å². The Morgan fingerprint density at radius 3 is 2.82 bits per heavy atom. The maximum atomic E-state index is 12.5. The van der Waals surface area contributed by atoms with Crippen molar-refractivity contribution in [1.29, 1.82) is 0 Å². The number of aromatic nitrogens is 1. The summed E-state index contributed by atoms with van der Waals surface area (Å²) in [5, 5.41) is 17.0. The van der Waals surface area contributed by atoms with Crippen LogP contribution in [0.5, 0.6) is 0 Å². The zero-order chi connectivity index (χ0) is 19.5. The predicted octanol–water partition coefficient (Wildman–Crippen LogP) is 3.45. The second-order valence-electron chi connectivity index (χ2n) is 7.28. The van der Waals surface area contributed by atoms with Crippen LogP contribution < -0.4 is 5.32 Å². The number of carboxylic acid groups (broad SMARTS) is 1. The van der Waals surface area contributed by atoms with Crippen molar-refractivity contribution in [3.05, 3.63) is 65.4 Å². The third-order valence-electron chi connectivity index (χ3n) is 5.43. The first-order valence-electron chi connectivity index (χ1n) is 9.55. The van der Waals surface area contributed by atoms with Crippen LogP contribution in [0, 0.1) is 0 Å². The van der Waals surface area contributed by atoms with Crippen LogP contribution in [0.1, 0.15) is 42.0 Å². The maximum Gasteiger partial charge on any atom is 0.326 e.